The van der Waals surface area contributed by atoms with Crippen LogP contribution in [0.25, 0.3) is 0 Å². The summed E-state index contributed by atoms with van der Waals surface area (Å²) in [7, 11) is 0. The lowest BCUT2D eigenvalue weighted by molar-refractivity contribution is -0.120. The average Bonchev–Trinajstić information content (AvgIpc) is 2.77. The zero-order valence-corrected chi connectivity index (χ0v) is 21.6. The third-order valence-electron chi connectivity index (χ3n) is 7.29. The van der Waals surface area contributed by atoms with Gasteiger partial charge in [-0.05, 0) is 47.6 Å². The summed E-state index contributed by atoms with van der Waals surface area (Å²) in [4.78, 5) is 39.3. The normalized spacial score (nSPS) is 21.0. The van der Waals surface area contributed by atoms with Crippen LogP contribution in [0.3, 0.4) is 0 Å². The topological polar surface area (TPSA) is 69.7 Å². The molecule has 5 nitrogen and oxygen atoms in total. The molecule has 0 atom stereocenters. The fourth-order valence-corrected chi connectivity index (χ4v) is 5.59. The van der Waals surface area contributed by atoms with Crippen molar-refractivity contribution in [2.45, 2.75) is 66.2 Å². The predicted molar refractivity (Wildman–Crippen MR) is 137 cm³/mol. The number of esters is 1. The van der Waals surface area contributed by atoms with Gasteiger partial charge in [-0.25, -0.2) is 4.79 Å². The van der Waals surface area contributed by atoms with Crippen molar-refractivity contribution in [3.63, 3.8) is 0 Å². The maximum Gasteiger partial charge on any atom is 0.343 e. The van der Waals surface area contributed by atoms with Gasteiger partial charge in [0, 0.05) is 42.7 Å². The molecule has 36 heavy (non-hydrogen) atoms. The molecule has 0 unspecified atom stereocenters. The third kappa shape index (κ3) is 4.55. The van der Waals surface area contributed by atoms with Crippen molar-refractivity contribution in [3.05, 3.63) is 87.9 Å². The van der Waals surface area contributed by atoms with Crippen molar-refractivity contribution >= 4 is 17.5 Å². The summed E-state index contributed by atoms with van der Waals surface area (Å²) in [5, 5.41) is 0. The molecule has 0 bridgehead atoms. The van der Waals surface area contributed by atoms with Crippen LogP contribution in [0.1, 0.15) is 80.8 Å². The molecule has 0 aromatic heterocycles. The summed E-state index contributed by atoms with van der Waals surface area (Å²) in [5.41, 5.74) is 3.19. The van der Waals surface area contributed by atoms with Crippen LogP contribution >= 0.6 is 0 Å². The van der Waals surface area contributed by atoms with E-state index in [0.29, 0.717) is 59.7 Å². The highest BCUT2D eigenvalue weighted by atomic mass is 16.5. The Hall–Kier alpha value is -3.47. The zero-order chi connectivity index (χ0) is 25.8. The van der Waals surface area contributed by atoms with E-state index in [1.165, 1.54) is 0 Å². The summed E-state index contributed by atoms with van der Waals surface area (Å²) < 4.78 is 11.9. The number of ether oxygens (including phenoxy) is 2. The van der Waals surface area contributed by atoms with E-state index < -0.39 is 11.9 Å². The molecule has 0 N–H and O–H groups in total. The molecule has 0 amide bonds. The first-order valence-electron chi connectivity index (χ1n) is 12.5. The standard InChI is InChI=1S/C31H32O5/c1-18-6-8-20(9-7-18)29(34)35-21-12-10-19(11-13-21)26-27-22(32)14-30(2,3)16-24(27)36-25-17-31(4,5)15-23(33)28(25)26/h6-13,26H,14-17H2,1-5H3. The minimum Gasteiger partial charge on any atom is -0.465 e. The lowest BCUT2D eigenvalue weighted by atomic mass is 9.65. The summed E-state index contributed by atoms with van der Waals surface area (Å²) in [6.45, 7) is 10.3. The van der Waals surface area contributed by atoms with Gasteiger partial charge in [-0.3, -0.25) is 9.59 Å². The number of benzene rings is 2. The molecule has 0 spiro atoms. The second-order valence-corrected chi connectivity index (χ2v) is 11.9. The van der Waals surface area contributed by atoms with E-state index >= 15 is 0 Å². The summed E-state index contributed by atoms with van der Waals surface area (Å²) >= 11 is 0. The molecule has 2 aromatic rings. The van der Waals surface area contributed by atoms with Crippen molar-refractivity contribution in [2.24, 2.45) is 10.8 Å². The molecule has 0 saturated carbocycles. The van der Waals surface area contributed by atoms with Gasteiger partial charge in [-0.2, -0.15) is 0 Å². The second kappa shape index (κ2) is 8.58. The minimum atomic E-state index is -0.460. The smallest absolute Gasteiger partial charge is 0.343 e. The van der Waals surface area contributed by atoms with Crippen molar-refractivity contribution < 1.29 is 23.9 Å². The first-order chi connectivity index (χ1) is 16.9. The summed E-state index contributed by atoms with van der Waals surface area (Å²) in [6.07, 6.45) is 2.14. The number of rotatable bonds is 3. The van der Waals surface area contributed by atoms with Crippen LogP contribution in [-0.4, -0.2) is 17.5 Å². The molecule has 1 heterocycles. The first-order valence-corrected chi connectivity index (χ1v) is 12.5. The molecular formula is C31H32O5. The van der Waals surface area contributed by atoms with Crippen LogP contribution in [-0.2, 0) is 14.3 Å². The van der Waals surface area contributed by atoms with E-state index in [1.54, 1.807) is 24.3 Å². The Kier molecular flexibility index (Phi) is 5.77. The SMILES string of the molecule is Cc1ccc(C(=O)Oc2ccc(C3C4=C(CC(C)(C)CC4=O)OC4=C3C(=O)CC(C)(C)C4)cc2)cc1. The van der Waals surface area contributed by atoms with Crippen LogP contribution in [0.15, 0.2) is 71.2 Å². The van der Waals surface area contributed by atoms with Gasteiger partial charge < -0.3 is 9.47 Å². The van der Waals surface area contributed by atoms with Crippen molar-refractivity contribution in [1.29, 1.82) is 0 Å². The fourth-order valence-electron chi connectivity index (χ4n) is 5.59. The number of Topliss-reactive ketones (excluding diaryl/α,β-unsaturated/α-hetero) is 2. The van der Waals surface area contributed by atoms with Gasteiger partial charge in [0.2, 0.25) is 0 Å². The Morgan fingerprint density at radius 1 is 0.778 bits per heavy atom. The number of carbonyl (C=O) groups excluding carboxylic acids is 3. The third-order valence-corrected chi connectivity index (χ3v) is 7.29. The lowest BCUT2D eigenvalue weighted by Gasteiger charge is -2.42. The molecule has 3 aliphatic rings. The van der Waals surface area contributed by atoms with Crippen LogP contribution in [0, 0.1) is 17.8 Å². The number of ketones is 2. The second-order valence-electron chi connectivity index (χ2n) is 11.9. The largest absolute Gasteiger partial charge is 0.465 e. The van der Waals surface area contributed by atoms with Crippen LogP contribution in [0.5, 0.6) is 5.75 Å². The fraction of sp³-hybridized carbons (Fsp3) is 0.387. The van der Waals surface area contributed by atoms with E-state index in [-0.39, 0.29) is 22.4 Å². The van der Waals surface area contributed by atoms with E-state index in [0.717, 1.165) is 11.1 Å². The van der Waals surface area contributed by atoms with Gasteiger partial charge in [0.25, 0.3) is 0 Å². The predicted octanol–water partition coefficient (Wildman–Crippen LogP) is 6.61. The number of hydrogen-bond acceptors (Lipinski definition) is 5. The molecular weight excluding hydrogens is 452 g/mol. The van der Waals surface area contributed by atoms with E-state index in [9.17, 15) is 14.4 Å². The van der Waals surface area contributed by atoms with Gasteiger partial charge in [-0.1, -0.05) is 57.5 Å². The Bertz CT molecular complexity index is 1270. The van der Waals surface area contributed by atoms with Gasteiger partial charge in [0.05, 0.1) is 5.56 Å². The highest BCUT2D eigenvalue weighted by Crippen LogP contribution is 2.53. The maximum atomic E-state index is 13.4. The molecule has 1 aliphatic heterocycles. The van der Waals surface area contributed by atoms with Gasteiger partial charge in [0.1, 0.15) is 17.3 Å². The highest BCUT2D eigenvalue weighted by Gasteiger charge is 2.47. The van der Waals surface area contributed by atoms with Gasteiger partial charge in [0.15, 0.2) is 11.6 Å². The number of aryl methyl sites for hydroxylation is 1. The minimum absolute atomic E-state index is 0.0327. The van der Waals surface area contributed by atoms with Gasteiger partial charge in [-0.15, -0.1) is 0 Å². The molecule has 5 rings (SSSR count). The molecule has 0 radical (unpaired) electrons. The molecule has 0 fully saturated rings. The van der Waals surface area contributed by atoms with E-state index in [2.05, 4.69) is 27.7 Å². The monoisotopic (exact) mass is 484 g/mol. The number of allylic oxidation sites excluding steroid dienone is 4. The maximum absolute atomic E-state index is 13.4. The van der Waals surface area contributed by atoms with Gasteiger partial charge >= 0.3 is 5.97 Å². The first kappa shape index (κ1) is 24.2. The Morgan fingerprint density at radius 2 is 1.28 bits per heavy atom. The Balaban J connectivity index is 1.50. The van der Waals surface area contributed by atoms with Crippen LogP contribution in [0.2, 0.25) is 0 Å². The lowest BCUT2D eigenvalue weighted by Crippen LogP contribution is -2.37. The van der Waals surface area contributed by atoms with E-state index in [1.807, 2.05) is 31.2 Å². The van der Waals surface area contributed by atoms with Crippen LogP contribution < -0.4 is 4.74 Å². The van der Waals surface area contributed by atoms with E-state index in [4.69, 9.17) is 9.47 Å². The summed E-state index contributed by atoms with van der Waals surface area (Å²) in [6, 6.07) is 14.4. The van der Waals surface area contributed by atoms with Crippen LogP contribution in [0.4, 0.5) is 0 Å². The quantitative estimate of drug-likeness (QED) is 0.362. The number of carbonyl (C=O) groups is 3. The molecule has 2 aliphatic carbocycles. The van der Waals surface area contributed by atoms with Crippen molar-refractivity contribution in [3.8, 4) is 5.75 Å². The molecule has 5 heteroatoms. The summed E-state index contributed by atoms with van der Waals surface area (Å²) in [5.74, 6) is 0.972. The Labute approximate surface area is 212 Å². The van der Waals surface area contributed by atoms with Crippen molar-refractivity contribution in [1.82, 2.24) is 0 Å². The Morgan fingerprint density at radius 3 is 1.78 bits per heavy atom. The highest BCUT2D eigenvalue weighted by molar-refractivity contribution is 6.06. The zero-order valence-electron chi connectivity index (χ0n) is 21.6. The molecule has 2 aromatic carbocycles. The molecule has 0 saturated heterocycles. The average molecular weight is 485 g/mol. The van der Waals surface area contributed by atoms with Crippen molar-refractivity contribution in [2.75, 3.05) is 0 Å². The number of hydrogen-bond donors (Lipinski definition) is 0. The molecule has 186 valence electrons.